The van der Waals surface area contributed by atoms with Crippen molar-refractivity contribution < 1.29 is 10.2 Å². The van der Waals surface area contributed by atoms with Gasteiger partial charge in [0.2, 0.25) is 0 Å². The zero-order valence-corrected chi connectivity index (χ0v) is 7.38. The third kappa shape index (κ3) is 12.9. The average Bonchev–Trinajstić information content (AvgIpc) is 2.05. The highest BCUT2D eigenvalue weighted by Gasteiger charge is 2.13. The first-order valence-electron chi connectivity index (χ1n) is 3.66. The normalized spacial score (nSPS) is 10.4. The van der Waals surface area contributed by atoms with Crippen molar-refractivity contribution in [2.75, 3.05) is 26.3 Å². The third-order valence-electron chi connectivity index (χ3n) is 1.02. The first kappa shape index (κ1) is 13.4. The fourth-order valence-corrected chi connectivity index (χ4v) is 0.0500. The van der Waals surface area contributed by atoms with Crippen molar-refractivity contribution in [2.45, 2.75) is 13.8 Å². The van der Waals surface area contributed by atoms with E-state index >= 15 is 0 Å². The van der Waals surface area contributed by atoms with Gasteiger partial charge in [-0.15, -0.1) is 0 Å². The number of hydrogen-bond donors (Lipinski definition) is 4. The van der Waals surface area contributed by atoms with Crippen LogP contribution in [-0.2, 0) is 0 Å². The lowest BCUT2D eigenvalue weighted by molar-refractivity contribution is 0.0857. The molecule has 0 aromatic heterocycles. The third-order valence-corrected chi connectivity index (χ3v) is 1.02. The zero-order valence-electron chi connectivity index (χ0n) is 7.38. The van der Waals surface area contributed by atoms with E-state index in [1.807, 2.05) is 0 Å². The molecular formula is C7H20N2O2. The zero-order chi connectivity index (χ0) is 9.33. The summed E-state index contributed by atoms with van der Waals surface area (Å²) in [5, 5.41) is 16.9. The van der Waals surface area contributed by atoms with Gasteiger partial charge >= 0.3 is 0 Å². The van der Waals surface area contributed by atoms with Crippen LogP contribution in [0.4, 0.5) is 0 Å². The predicted molar refractivity (Wildman–Crippen MR) is 46.1 cm³/mol. The number of rotatable bonds is 3. The van der Waals surface area contributed by atoms with E-state index in [1.165, 1.54) is 0 Å². The lowest BCUT2D eigenvalue weighted by Crippen LogP contribution is -2.20. The molecule has 0 saturated heterocycles. The molecule has 11 heavy (non-hydrogen) atoms. The molecule has 0 heterocycles. The second-order valence-electron chi connectivity index (χ2n) is 3.06. The molecular weight excluding hydrogens is 144 g/mol. The Bertz CT molecular complexity index is 68.8. The van der Waals surface area contributed by atoms with Gasteiger partial charge in [0.15, 0.2) is 0 Å². The molecule has 0 aliphatic carbocycles. The van der Waals surface area contributed by atoms with Crippen molar-refractivity contribution >= 4 is 0 Å². The van der Waals surface area contributed by atoms with Crippen LogP contribution >= 0.6 is 0 Å². The highest BCUT2D eigenvalue weighted by molar-refractivity contribution is 4.62. The Morgan fingerprint density at radius 1 is 1.00 bits per heavy atom. The minimum absolute atomic E-state index is 0.0451. The summed E-state index contributed by atoms with van der Waals surface area (Å²) in [7, 11) is 0. The highest BCUT2D eigenvalue weighted by Crippen LogP contribution is 2.10. The summed E-state index contributed by atoms with van der Waals surface area (Å²) < 4.78 is 0. The molecule has 0 radical (unpaired) electrons. The van der Waals surface area contributed by atoms with Gasteiger partial charge in [-0.3, -0.25) is 0 Å². The van der Waals surface area contributed by atoms with E-state index in [0.717, 1.165) is 0 Å². The first-order chi connectivity index (χ1) is 5.04. The Hall–Kier alpha value is -0.160. The summed E-state index contributed by atoms with van der Waals surface area (Å²) in [5.41, 5.74) is 9.50. The summed E-state index contributed by atoms with van der Waals surface area (Å²) in [6, 6.07) is 0. The van der Waals surface area contributed by atoms with Crippen LogP contribution in [0.25, 0.3) is 0 Å². The summed E-state index contributed by atoms with van der Waals surface area (Å²) in [6.07, 6.45) is 0. The van der Waals surface area contributed by atoms with Gasteiger partial charge in [0, 0.05) is 18.5 Å². The predicted octanol–water partition coefficient (Wildman–Crippen LogP) is -1.10. The van der Waals surface area contributed by atoms with Gasteiger partial charge in [-0.05, 0) is 0 Å². The smallest absolute Gasteiger partial charge is 0.0504 e. The average molecular weight is 164 g/mol. The van der Waals surface area contributed by atoms with Crippen LogP contribution in [0.5, 0.6) is 0 Å². The van der Waals surface area contributed by atoms with Crippen LogP contribution < -0.4 is 11.5 Å². The van der Waals surface area contributed by atoms with Crippen molar-refractivity contribution in [1.29, 1.82) is 0 Å². The standard InChI is InChI=1S/C5H12O2.C2H8N2/c1-5(2,3-6)4-7;3-1-2-4/h6-7H,3-4H2,1-2H3;1-4H2. The number of hydrogen-bond acceptors (Lipinski definition) is 4. The Morgan fingerprint density at radius 2 is 1.27 bits per heavy atom. The number of nitrogens with two attached hydrogens (primary N) is 2. The van der Waals surface area contributed by atoms with E-state index in [1.54, 1.807) is 13.8 Å². The molecule has 0 unspecified atom stereocenters. The largest absolute Gasteiger partial charge is 0.396 e. The molecule has 0 spiro atoms. The minimum atomic E-state index is -0.306. The summed E-state index contributed by atoms with van der Waals surface area (Å²) in [6.45, 7) is 4.88. The van der Waals surface area contributed by atoms with Crippen molar-refractivity contribution in [1.82, 2.24) is 0 Å². The second-order valence-corrected chi connectivity index (χ2v) is 3.06. The van der Waals surface area contributed by atoms with Gasteiger partial charge in [0.1, 0.15) is 0 Å². The maximum atomic E-state index is 8.43. The Kier molecular flexibility index (Phi) is 9.70. The van der Waals surface area contributed by atoms with Crippen LogP contribution in [0.3, 0.4) is 0 Å². The molecule has 6 N–H and O–H groups in total. The molecule has 0 fully saturated rings. The van der Waals surface area contributed by atoms with Crippen molar-refractivity contribution in [3.8, 4) is 0 Å². The van der Waals surface area contributed by atoms with Gasteiger partial charge < -0.3 is 21.7 Å². The molecule has 70 valence electrons. The minimum Gasteiger partial charge on any atom is -0.396 e. The van der Waals surface area contributed by atoms with Gasteiger partial charge in [-0.2, -0.15) is 0 Å². The fraction of sp³-hybridized carbons (Fsp3) is 1.00. The first-order valence-corrected chi connectivity index (χ1v) is 3.66. The van der Waals surface area contributed by atoms with Crippen LogP contribution in [0.1, 0.15) is 13.8 Å². The van der Waals surface area contributed by atoms with Gasteiger partial charge in [0.05, 0.1) is 13.2 Å². The van der Waals surface area contributed by atoms with E-state index in [-0.39, 0.29) is 18.6 Å². The van der Waals surface area contributed by atoms with E-state index in [0.29, 0.717) is 13.1 Å². The molecule has 4 nitrogen and oxygen atoms in total. The Labute approximate surface area is 68.2 Å². The van der Waals surface area contributed by atoms with Crippen molar-refractivity contribution in [3.63, 3.8) is 0 Å². The van der Waals surface area contributed by atoms with Crippen LogP contribution in [0, 0.1) is 5.41 Å². The lowest BCUT2D eigenvalue weighted by Gasteiger charge is -2.16. The second kappa shape index (κ2) is 7.94. The van der Waals surface area contributed by atoms with E-state index in [4.69, 9.17) is 21.7 Å². The van der Waals surface area contributed by atoms with Crippen LogP contribution in [0.15, 0.2) is 0 Å². The van der Waals surface area contributed by atoms with E-state index < -0.39 is 0 Å². The monoisotopic (exact) mass is 164 g/mol. The van der Waals surface area contributed by atoms with Crippen LogP contribution in [0.2, 0.25) is 0 Å². The quantitative estimate of drug-likeness (QED) is 0.426. The SMILES string of the molecule is CC(C)(CO)CO.NCCN. The number of aliphatic hydroxyl groups is 2. The van der Waals surface area contributed by atoms with Gasteiger partial charge in [-0.1, -0.05) is 13.8 Å². The van der Waals surface area contributed by atoms with Crippen molar-refractivity contribution in [2.24, 2.45) is 16.9 Å². The van der Waals surface area contributed by atoms with E-state index in [9.17, 15) is 0 Å². The highest BCUT2D eigenvalue weighted by atomic mass is 16.3. The molecule has 0 saturated carbocycles. The number of aliphatic hydroxyl groups excluding tert-OH is 2. The maximum absolute atomic E-state index is 8.43. The molecule has 0 amide bonds. The topological polar surface area (TPSA) is 92.5 Å². The lowest BCUT2D eigenvalue weighted by atomic mass is 9.97. The van der Waals surface area contributed by atoms with Crippen molar-refractivity contribution in [3.05, 3.63) is 0 Å². The summed E-state index contributed by atoms with van der Waals surface area (Å²) in [5.74, 6) is 0. The van der Waals surface area contributed by atoms with E-state index in [2.05, 4.69) is 0 Å². The molecule has 0 aliphatic heterocycles. The molecule has 0 aromatic carbocycles. The molecule has 0 atom stereocenters. The molecule has 0 rings (SSSR count). The Balaban J connectivity index is 0. The Morgan fingerprint density at radius 3 is 1.27 bits per heavy atom. The molecule has 0 aromatic rings. The van der Waals surface area contributed by atoms with Gasteiger partial charge in [0.25, 0.3) is 0 Å². The summed E-state index contributed by atoms with van der Waals surface area (Å²) in [4.78, 5) is 0. The fourth-order valence-electron chi connectivity index (χ4n) is 0.0500. The van der Waals surface area contributed by atoms with Gasteiger partial charge in [-0.25, -0.2) is 0 Å². The molecule has 0 aliphatic rings. The van der Waals surface area contributed by atoms with Crippen LogP contribution in [-0.4, -0.2) is 36.5 Å². The molecule has 4 heteroatoms. The maximum Gasteiger partial charge on any atom is 0.0504 e. The summed E-state index contributed by atoms with van der Waals surface area (Å²) >= 11 is 0. The molecule has 0 bridgehead atoms.